The van der Waals surface area contributed by atoms with Gasteiger partial charge in [0.1, 0.15) is 0 Å². The average molecular weight is 625 g/mol. The Morgan fingerprint density at radius 1 is 0.362 bits per heavy atom. The number of rotatable bonds is 14. The van der Waals surface area contributed by atoms with Crippen LogP contribution in [0.5, 0.6) is 0 Å². The molecule has 4 aromatic carbocycles. The number of hydrogen-bond acceptors (Lipinski definition) is 6. The summed E-state index contributed by atoms with van der Waals surface area (Å²) < 4.78 is 0. The third-order valence-electron chi connectivity index (χ3n) is 8.32. The zero-order valence-corrected chi connectivity index (χ0v) is 26.0. The number of benzene rings is 4. The normalized spacial score (nSPS) is 15.1. The minimum Gasteiger partial charge on any atom is -0.315 e. The highest BCUT2D eigenvalue weighted by Gasteiger charge is 2.40. The van der Waals surface area contributed by atoms with E-state index in [0.717, 1.165) is 28.7 Å². The summed E-state index contributed by atoms with van der Waals surface area (Å²) in [4.78, 5) is 56.4. The van der Waals surface area contributed by atoms with Crippen LogP contribution in [0.25, 0.3) is 22.3 Å². The van der Waals surface area contributed by atoms with Gasteiger partial charge in [0.25, 0.3) is 23.6 Å². The van der Waals surface area contributed by atoms with Gasteiger partial charge >= 0.3 is 0 Å². The molecule has 236 valence electrons. The molecule has 0 saturated heterocycles. The molecule has 0 fully saturated rings. The van der Waals surface area contributed by atoms with Crippen molar-refractivity contribution < 1.29 is 19.2 Å². The van der Waals surface area contributed by atoms with Gasteiger partial charge in [-0.25, -0.2) is 0 Å². The first-order valence-electron chi connectivity index (χ1n) is 15.9. The lowest BCUT2D eigenvalue weighted by Crippen LogP contribution is -2.39. The molecule has 0 bridgehead atoms. The Morgan fingerprint density at radius 2 is 0.617 bits per heavy atom. The van der Waals surface area contributed by atoms with Gasteiger partial charge in [0.15, 0.2) is 0 Å². The molecule has 4 amide bonds. The van der Waals surface area contributed by atoms with Gasteiger partial charge in [0.05, 0.1) is 22.3 Å². The third kappa shape index (κ3) is 6.74. The zero-order valence-electron chi connectivity index (χ0n) is 26.0. The van der Waals surface area contributed by atoms with E-state index in [9.17, 15) is 19.2 Å². The molecule has 0 unspecified atom stereocenters. The first-order chi connectivity index (χ1) is 23.1. The molecule has 0 aromatic heterocycles. The van der Waals surface area contributed by atoms with E-state index in [1.165, 1.54) is 9.80 Å². The lowest BCUT2D eigenvalue weighted by molar-refractivity contribution is -0.137. The van der Waals surface area contributed by atoms with Crippen LogP contribution in [0, 0.1) is 0 Å². The number of imide groups is 2. The molecular weight excluding hydrogens is 588 g/mol. The summed E-state index contributed by atoms with van der Waals surface area (Å²) >= 11 is 0. The topological polar surface area (TPSA) is 98.8 Å². The summed E-state index contributed by atoms with van der Waals surface area (Å²) in [7, 11) is 0. The summed E-state index contributed by atoms with van der Waals surface area (Å²) in [6, 6.07) is 37.3. The Kier molecular flexibility index (Phi) is 9.91. The van der Waals surface area contributed by atoms with Gasteiger partial charge in [-0.3, -0.25) is 29.0 Å². The molecule has 6 rings (SSSR count). The number of nitrogens with zero attached hydrogens (tertiary/aromatic N) is 2. The molecule has 8 nitrogen and oxygen atoms in total. The van der Waals surface area contributed by atoms with Crippen molar-refractivity contribution in [2.45, 2.75) is 6.42 Å². The van der Waals surface area contributed by atoms with Crippen molar-refractivity contribution in [2.24, 2.45) is 0 Å². The van der Waals surface area contributed by atoms with Gasteiger partial charge in [-0.1, -0.05) is 121 Å². The molecule has 2 aliphatic rings. The maximum atomic E-state index is 13.4. The Balaban J connectivity index is 0.966. The number of hydrogen-bond donors (Lipinski definition) is 2. The van der Waals surface area contributed by atoms with Crippen LogP contribution in [0.15, 0.2) is 121 Å². The zero-order chi connectivity index (χ0) is 32.6. The quantitative estimate of drug-likeness (QED) is 0.158. The molecule has 2 N–H and O–H groups in total. The Hall–Kier alpha value is -5.44. The Bertz CT molecular complexity index is 1560. The molecule has 47 heavy (non-hydrogen) atoms. The maximum Gasteiger partial charge on any atom is 0.262 e. The Morgan fingerprint density at radius 3 is 0.872 bits per heavy atom. The van der Waals surface area contributed by atoms with Crippen LogP contribution in [-0.2, 0) is 19.2 Å². The molecule has 0 saturated carbocycles. The van der Waals surface area contributed by atoms with E-state index in [-0.39, 0.29) is 36.7 Å². The molecule has 0 radical (unpaired) electrons. The van der Waals surface area contributed by atoms with Crippen molar-refractivity contribution in [1.82, 2.24) is 20.4 Å². The van der Waals surface area contributed by atoms with Gasteiger partial charge < -0.3 is 10.6 Å². The lowest BCUT2D eigenvalue weighted by Gasteiger charge is -2.16. The summed E-state index contributed by atoms with van der Waals surface area (Å²) in [5.41, 5.74) is 4.65. The second-order valence-electron chi connectivity index (χ2n) is 11.3. The number of nitrogens with one attached hydrogen (secondary N) is 2. The Labute approximate surface area is 274 Å². The first kappa shape index (κ1) is 31.5. The van der Waals surface area contributed by atoms with E-state index in [0.29, 0.717) is 48.5 Å². The summed E-state index contributed by atoms with van der Waals surface area (Å²) in [5.74, 6) is -1.13. The van der Waals surface area contributed by atoms with Crippen LogP contribution in [0.3, 0.4) is 0 Å². The van der Waals surface area contributed by atoms with E-state index in [1.54, 1.807) is 0 Å². The second-order valence-corrected chi connectivity index (χ2v) is 11.3. The number of carbonyl (C=O) groups excluding carboxylic acids is 4. The van der Waals surface area contributed by atoms with Crippen LogP contribution < -0.4 is 10.6 Å². The molecule has 0 atom stereocenters. The average Bonchev–Trinajstić information content (AvgIpc) is 3.52. The van der Waals surface area contributed by atoms with Gasteiger partial charge in [0.2, 0.25) is 0 Å². The van der Waals surface area contributed by atoms with Gasteiger partial charge in [-0.15, -0.1) is 0 Å². The molecule has 0 spiro atoms. The van der Waals surface area contributed by atoms with Gasteiger partial charge in [-0.05, 0) is 41.8 Å². The molecule has 2 heterocycles. The van der Waals surface area contributed by atoms with Crippen LogP contribution in [-0.4, -0.2) is 72.7 Å². The van der Waals surface area contributed by atoms with E-state index in [4.69, 9.17) is 0 Å². The first-order valence-corrected chi connectivity index (χ1v) is 15.9. The third-order valence-corrected chi connectivity index (χ3v) is 8.32. The largest absolute Gasteiger partial charge is 0.315 e. The van der Waals surface area contributed by atoms with Gasteiger partial charge in [0, 0.05) is 26.2 Å². The molecule has 0 aliphatic carbocycles. The molecule has 2 aliphatic heterocycles. The highest BCUT2D eigenvalue weighted by Crippen LogP contribution is 2.36. The highest BCUT2D eigenvalue weighted by atomic mass is 16.2. The SMILES string of the molecule is O=C1C(c2ccccc2)=C(c2ccccc2)C(=O)N1CCNCCCNCCN1C(=O)C(c2ccccc2)=C(c2ccccc2)C1=O. The fraction of sp³-hybridized carbons (Fsp3) is 0.179. The van der Waals surface area contributed by atoms with Crippen LogP contribution in [0.4, 0.5) is 0 Å². The maximum absolute atomic E-state index is 13.4. The van der Waals surface area contributed by atoms with Crippen molar-refractivity contribution in [3.63, 3.8) is 0 Å². The van der Waals surface area contributed by atoms with Crippen molar-refractivity contribution >= 4 is 45.9 Å². The van der Waals surface area contributed by atoms with Crippen molar-refractivity contribution in [3.8, 4) is 0 Å². The molecular formula is C39H36N4O4. The van der Waals surface area contributed by atoms with E-state index in [1.807, 2.05) is 121 Å². The predicted octanol–water partition coefficient (Wildman–Crippen LogP) is 4.52. The summed E-state index contributed by atoms with van der Waals surface area (Å²) in [6.45, 7) is 2.80. The monoisotopic (exact) mass is 624 g/mol. The minimum absolute atomic E-state index is 0.261. The fourth-order valence-corrected chi connectivity index (χ4v) is 6.02. The standard InChI is InChI=1S/C39H36N4O4/c44-36-32(28-14-5-1-6-15-28)33(29-16-7-2-8-17-29)37(45)42(36)26-24-40-22-13-23-41-25-27-43-38(46)34(30-18-9-3-10-19-30)35(39(43)47)31-20-11-4-12-21-31/h1-12,14-21,40-41H,13,22-27H2. The van der Waals surface area contributed by atoms with Crippen LogP contribution in [0.2, 0.25) is 0 Å². The highest BCUT2D eigenvalue weighted by molar-refractivity contribution is 6.49. The predicted molar refractivity (Wildman–Crippen MR) is 183 cm³/mol. The second kappa shape index (κ2) is 14.8. The smallest absolute Gasteiger partial charge is 0.262 e. The van der Waals surface area contributed by atoms with Crippen molar-refractivity contribution in [1.29, 1.82) is 0 Å². The van der Waals surface area contributed by atoms with Crippen molar-refractivity contribution in [3.05, 3.63) is 144 Å². The van der Waals surface area contributed by atoms with Crippen molar-refractivity contribution in [2.75, 3.05) is 39.3 Å². The molecule has 4 aromatic rings. The van der Waals surface area contributed by atoms with E-state index >= 15 is 0 Å². The summed E-state index contributed by atoms with van der Waals surface area (Å²) in [5, 5.41) is 6.65. The van der Waals surface area contributed by atoms with E-state index in [2.05, 4.69) is 10.6 Å². The number of amides is 4. The van der Waals surface area contributed by atoms with Crippen LogP contribution >= 0.6 is 0 Å². The fourth-order valence-electron chi connectivity index (χ4n) is 6.02. The number of carbonyl (C=O) groups is 4. The van der Waals surface area contributed by atoms with Gasteiger partial charge in [-0.2, -0.15) is 0 Å². The lowest BCUT2D eigenvalue weighted by atomic mass is 9.96. The van der Waals surface area contributed by atoms with E-state index < -0.39 is 0 Å². The molecule has 8 heteroatoms. The minimum atomic E-state index is -0.283. The van der Waals surface area contributed by atoms with Crippen LogP contribution in [0.1, 0.15) is 28.7 Å². The summed E-state index contributed by atoms with van der Waals surface area (Å²) in [6.07, 6.45) is 0.787.